The second-order valence-corrected chi connectivity index (χ2v) is 6.92. The molecule has 148 valence electrons. The van der Waals surface area contributed by atoms with E-state index in [9.17, 15) is 4.79 Å². The molecule has 29 heavy (non-hydrogen) atoms. The lowest BCUT2D eigenvalue weighted by molar-refractivity contribution is -0.139. The quantitative estimate of drug-likeness (QED) is 0.645. The van der Waals surface area contributed by atoms with Gasteiger partial charge in [-0.05, 0) is 34.9 Å². The van der Waals surface area contributed by atoms with Gasteiger partial charge in [-0.3, -0.25) is 4.79 Å². The molecule has 0 unspecified atom stereocenters. The van der Waals surface area contributed by atoms with Gasteiger partial charge in [0.25, 0.3) is 0 Å². The van der Waals surface area contributed by atoms with E-state index in [2.05, 4.69) is 12.1 Å². The minimum absolute atomic E-state index is 0.180. The molecule has 0 radical (unpaired) electrons. The summed E-state index contributed by atoms with van der Waals surface area (Å²) in [5.41, 5.74) is 12.2. The fraction of sp³-hybridized carbons (Fsp3) is 0.208. The monoisotopic (exact) mass is 389 g/mol. The van der Waals surface area contributed by atoms with Gasteiger partial charge in [0, 0.05) is 23.2 Å². The van der Waals surface area contributed by atoms with Crippen molar-refractivity contribution in [2.45, 2.75) is 26.2 Å². The van der Waals surface area contributed by atoms with Gasteiger partial charge in [-0.15, -0.1) is 0 Å². The van der Waals surface area contributed by atoms with Crippen molar-refractivity contribution in [1.82, 2.24) is 0 Å². The number of fused-ring (bicyclic) bond motifs is 3. The summed E-state index contributed by atoms with van der Waals surface area (Å²) in [6.45, 7) is 1.41. The third kappa shape index (κ3) is 3.96. The Morgan fingerprint density at radius 1 is 1.03 bits per heavy atom. The van der Waals surface area contributed by atoms with Gasteiger partial charge in [0.1, 0.15) is 24.7 Å². The lowest BCUT2D eigenvalue weighted by Crippen LogP contribution is -2.11. The van der Waals surface area contributed by atoms with Gasteiger partial charge in [0.05, 0.1) is 13.5 Å². The Bertz CT molecular complexity index is 1040. The van der Waals surface area contributed by atoms with Crippen LogP contribution in [-0.2, 0) is 35.7 Å². The van der Waals surface area contributed by atoms with E-state index in [-0.39, 0.29) is 12.4 Å². The number of esters is 1. The molecular formula is C24H23NO4. The van der Waals surface area contributed by atoms with Gasteiger partial charge < -0.3 is 19.9 Å². The summed E-state index contributed by atoms with van der Waals surface area (Å²) in [7, 11) is 1.38. The number of para-hydroxylation sites is 1. The first kappa shape index (κ1) is 19.0. The van der Waals surface area contributed by atoms with Crippen LogP contribution in [0.2, 0.25) is 0 Å². The lowest BCUT2D eigenvalue weighted by Gasteiger charge is -2.23. The van der Waals surface area contributed by atoms with Crippen molar-refractivity contribution >= 4 is 5.97 Å². The van der Waals surface area contributed by atoms with Crippen LogP contribution in [0.4, 0.5) is 0 Å². The number of methoxy groups -OCH3 is 1. The molecule has 1 aliphatic rings. The number of nitrogens with two attached hydrogens (primary N) is 1. The second-order valence-electron chi connectivity index (χ2n) is 6.92. The maximum atomic E-state index is 11.6. The minimum Gasteiger partial charge on any atom is -0.489 e. The zero-order valence-electron chi connectivity index (χ0n) is 16.3. The summed E-state index contributed by atoms with van der Waals surface area (Å²) >= 11 is 0. The summed E-state index contributed by atoms with van der Waals surface area (Å²) in [6.07, 6.45) is 0.180. The van der Waals surface area contributed by atoms with Crippen LogP contribution in [0.3, 0.4) is 0 Å². The topological polar surface area (TPSA) is 70.8 Å². The summed E-state index contributed by atoms with van der Waals surface area (Å²) in [5, 5.41) is 0. The zero-order chi connectivity index (χ0) is 20.2. The Morgan fingerprint density at radius 2 is 1.86 bits per heavy atom. The molecule has 0 aliphatic carbocycles. The molecule has 3 aromatic rings. The molecular weight excluding hydrogens is 366 g/mol. The lowest BCUT2D eigenvalue weighted by atomic mass is 9.92. The first-order chi connectivity index (χ1) is 14.2. The molecule has 0 saturated carbocycles. The summed E-state index contributed by atoms with van der Waals surface area (Å²) in [5.74, 6) is 1.25. The average molecular weight is 389 g/mol. The first-order valence-electron chi connectivity index (χ1n) is 9.54. The molecule has 2 N–H and O–H groups in total. The van der Waals surface area contributed by atoms with Crippen LogP contribution in [0.5, 0.6) is 11.5 Å². The van der Waals surface area contributed by atoms with Crippen molar-refractivity contribution in [3.05, 3.63) is 82.9 Å². The Kier molecular flexibility index (Phi) is 5.49. The molecule has 3 aromatic carbocycles. The zero-order valence-corrected chi connectivity index (χ0v) is 16.3. The van der Waals surface area contributed by atoms with E-state index in [1.54, 1.807) is 0 Å². The standard InChI is InChI=1S/C24H23NO4/c1-27-24(26)12-17-5-2-3-8-22(17)28-14-16-9-10-23-20(11-16)19-7-4-6-18(13-25)21(19)15-29-23/h2-11H,12-15,25H2,1H3. The van der Waals surface area contributed by atoms with Crippen molar-refractivity contribution in [2.75, 3.05) is 7.11 Å². The fourth-order valence-electron chi connectivity index (χ4n) is 3.58. The van der Waals surface area contributed by atoms with Crippen molar-refractivity contribution in [3.63, 3.8) is 0 Å². The molecule has 0 aromatic heterocycles. The van der Waals surface area contributed by atoms with E-state index in [0.717, 1.165) is 39.1 Å². The largest absolute Gasteiger partial charge is 0.489 e. The first-order valence-corrected chi connectivity index (χ1v) is 9.54. The highest BCUT2D eigenvalue weighted by Crippen LogP contribution is 2.39. The molecule has 0 bridgehead atoms. The van der Waals surface area contributed by atoms with Crippen LogP contribution in [0, 0.1) is 0 Å². The molecule has 1 aliphatic heterocycles. The molecule has 0 spiro atoms. The fourth-order valence-corrected chi connectivity index (χ4v) is 3.58. The van der Waals surface area contributed by atoms with Crippen molar-refractivity contribution in [3.8, 4) is 22.6 Å². The number of ether oxygens (including phenoxy) is 3. The van der Waals surface area contributed by atoms with Crippen LogP contribution < -0.4 is 15.2 Å². The summed E-state index contributed by atoms with van der Waals surface area (Å²) in [6, 6.07) is 19.8. The van der Waals surface area contributed by atoms with Crippen molar-refractivity contribution in [1.29, 1.82) is 0 Å². The average Bonchev–Trinajstić information content (AvgIpc) is 2.77. The number of carbonyl (C=O) groups is 1. The Balaban J connectivity index is 1.58. The normalized spacial score (nSPS) is 11.8. The van der Waals surface area contributed by atoms with Crippen LogP contribution in [0.25, 0.3) is 11.1 Å². The highest BCUT2D eigenvalue weighted by atomic mass is 16.5. The summed E-state index contributed by atoms with van der Waals surface area (Å²) in [4.78, 5) is 11.6. The Hall–Kier alpha value is -3.31. The third-order valence-corrected chi connectivity index (χ3v) is 5.13. The van der Waals surface area contributed by atoms with E-state index in [0.29, 0.717) is 25.5 Å². The van der Waals surface area contributed by atoms with Crippen LogP contribution in [0.1, 0.15) is 22.3 Å². The number of benzene rings is 3. The molecule has 5 nitrogen and oxygen atoms in total. The van der Waals surface area contributed by atoms with E-state index in [1.807, 2.05) is 48.5 Å². The van der Waals surface area contributed by atoms with Gasteiger partial charge in [-0.25, -0.2) is 0 Å². The number of hydrogen-bond donors (Lipinski definition) is 1. The molecule has 0 saturated heterocycles. The van der Waals surface area contributed by atoms with E-state index in [1.165, 1.54) is 7.11 Å². The summed E-state index contributed by atoms with van der Waals surface area (Å²) < 4.78 is 16.7. The predicted octanol–water partition coefficient (Wildman–Crippen LogP) is 4.00. The Labute approximate surface area is 170 Å². The predicted molar refractivity (Wildman–Crippen MR) is 111 cm³/mol. The van der Waals surface area contributed by atoms with Crippen LogP contribution in [-0.4, -0.2) is 13.1 Å². The molecule has 4 rings (SSSR count). The SMILES string of the molecule is COC(=O)Cc1ccccc1OCc1ccc2c(c1)-c1cccc(CN)c1CO2. The van der Waals surface area contributed by atoms with Gasteiger partial charge in [-0.1, -0.05) is 42.5 Å². The molecule has 0 fully saturated rings. The van der Waals surface area contributed by atoms with E-state index < -0.39 is 0 Å². The smallest absolute Gasteiger partial charge is 0.310 e. The number of carbonyl (C=O) groups excluding carboxylic acids is 1. The second kappa shape index (κ2) is 8.37. The van der Waals surface area contributed by atoms with Crippen molar-refractivity contribution in [2.24, 2.45) is 5.73 Å². The third-order valence-electron chi connectivity index (χ3n) is 5.13. The van der Waals surface area contributed by atoms with Crippen LogP contribution in [0.15, 0.2) is 60.7 Å². The molecule has 1 heterocycles. The highest BCUT2D eigenvalue weighted by molar-refractivity contribution is 5.76. The van der Waals surface area contributed by atoms with Gasteiger partial charge in [-0.2, -0.15) is 0 Å². The van der Waals surface area contributed by atoms with E-state index in [4.69, 9.17) is 19.9 Å². The van der Waals surface area contributed by atoms with E-state index >= 15 is 0 Å². The number of rotatable bonds is 6. The number of hydrogen-bond acceptors (Lipinski definition) is 5. The van der Waals surface area contributed by atoms with Crippen molar-refractivity contribution < 1.29 is 19.0 Å². The maximum absolute atomic E-state index is 11.6. The molecule has 0 atom stereocenters. The van der Waals surface area contributed by atoms with Crippen LogP contribution >= 0.6 is 0 Å². The minimum atomic E-state index is -0.292. The maximum Gasteiger partial charge on any atom is 0.310 e. The molecule has 0 amide bonds. The highest BCUT2D eigenvalue weighted by Gasteiger charge is 2.20. The van der Waals surface area contributed by atoms with Gasteiger partial charge in [0.2, 0.25) is 0 Å². The molecule has 5 heteroatoms. The van der Waals surface area contributed by atoms with Gasteiger partial charge in [0.15, 0.2) is 0 Å². The Morgan fingerprint density at radius 3 is 2.69 bits per heavy atom. The van der Waals surface area contributed by atoms with Gasteiger partial charge >= 0.3 is 5.97 Å².